The van der Waals surface area contributed by atoms with E-state index in [0.29, 0.717) is 18.9 Å². The van der Waals surface area contributed by atoms with Gasteiger partial charge in [-0.2, -0.15) is 0 Å². The quantitative estimate of drug-likeness (QED) is 0.715. The van der Waals surface area contributed by atoms with Crippen LogP contribution >= 0.6 is 0 Å². The van der Waals surface area contributed by atoms with E-state index in [4.69, 9.17) is 10.5 Å². The summed E-state index contributed by atoms with van der Waals surface area (Å²) in [6.45, 7) is 1.12. The Hall–Kier alpha value is -1.09. The van der Waals surface area contributed by atoms with Gasteiger partial charge < -0.3 is 10.5 Å². The Morgan fingerprint density at radius 1 is 1.54 bits per heavy atom. The van der Waals surface area contributed by atoms with Gasteiger partial charge in [-0.3, -0.25) is 0 Å². The molecule has 1 aliphatic heterocycles. The molecule has 0 amide bonds. The zero-order valence-electron chi connectivity index (χ0n) is 7.29. The zero-order chi connectivity index (χ0) is 9.26. The summed E-state index contributed by atoms with van der Waals surface area (Å²) in [6.07, 6.45) is 0.882. The van der Waals surface area contributed by atoms with E-state index in [1.807, 2.05) is 6.07 Å². The zero-order valence-corrected chi connectivity index (χ0v) is 7.29. The molecule has 2 rings (SSSR count). The van der Waals surface area contributed by atoms with Crippen LogP contribution in [0, 0.1) is 5.82 Å². The van der Waals surface area contributed by atoms with Gasteiger partial charge in [-0.1, -0.05) is 12.1 Å². The molecular formula is C10H12FNO. The van der Waals surface area contributed by atoms with Gasteiger partial charge in [0.2, 0.25) is 0 Å². The van der Waals surface area contributed by atoms with Crippen LogP contribution in [0.3, 0.4) is 0 Å². The number of halogens is 1. The van der Waals surface area contributed by atoms with Crippen LogP contribution in [0.15, 0.2) is 18.2 Å². The van der Waals surface area contributed by atoms with Gasteiger partial charge in [0, 0.05) is 11.5 Å². The van der Waals surface area contributed by atoms with Gasteiger partial charge in [-0.25, -0.2) is 4.39 Å². The summed E-state index contributed by atoms with van der Waals surface area (Å²) >= 11 is 0. The highest BCUT2D eigenvalue weighted by atomic mass is 19.1. The van der Waals surface area contributed by atoms with Crippen molar-refractivity contribution in [3.05, 3.63) is 29.6 Å². The number of benzene rings is 1. The van der Waals surface area contributed by atoms with Crippen molar-refractivity contribution in [2.24, 2.45) is 5.73 Å². The number of hydrogen-bond donors (Lipinski definition) is 1. The Morgan fingerprint density at radius 2 is 2.38 bits per heavy atom. The van der Waals surface area contributed by atoms with Gasteiger partial charge in [0.15, 0.2) is 11.6 Å². The summed E-state index contributed by atoms with van der Waals surface area (Å²) in [6, 6.07) is 5.00. The third kappa shape index (κ3) is 1.40. The lowest BCUT2D eigenvalue weighted by Gasteiger charge is -2.24. The van der Waals surface area contributed by atoms with Crippen molar-refractivity contribution in [1.82, 2.24) is 0 Å². The molecule has 3 heteroatoms. The molecular weight excluding hydrogens is 169 g/mol. The van der Waals surface area contributed by atoms with Crippen molar-refractivity contribution in [1.29, 1.82) is 0 Å². The summed E-state index contributed by atoms with van der Waals surface area (Å²) in [5.41, 5.74) is 6.50. The molecule has 1 atom stereocenters. The SMILES string of the molecule is NCC1CCOc2c(F)cccc21. The summed E-state index contributed by atoms with van der Waals surface area (Å²) in [5.74, 6) is 0.360. The van der Waals surface area contributed by atoms with Gasteiger partial charge in [0.1, 0.15) is 0 Å². The van der Waals surface area contributed by atoms with Gasteiger partial charge in [-0.05, 0) is 19.0 Å². The maximum atomic E-state index is 13.2. The Labute approximate surface area is 76.5 Å². The smallest absolute Gasteiger partial charge is 0.165 e. The second kappa shape index (κ2) is 3.34. The molecule has 1 unspecified atom stereocenters. The maximum Gasteiger partial charge on any atom is 0.165 e. The molecule has 0 saturated carbocycles. The molecule has 0 fully saturated rings. The second-order valence-corrected chi connectivity index (χ2v) is 3.23. The predicted molar refractivity (Wildman–Crippen MR) is 48.3 cm³/mol. The molecule has 0 aliphatic carbocycles. The normalized spacial score (nSPS) is 20.6. The largest absolute Gasteiger partial charge is 0.490 e. The molecule has 0 bridgehead atoms. The van der Waals surface area contributed by atoms with E-state index < -0.39 is 0 Å². The first-order valence-corrected chi connectivity index (χ1v) is 4.44. The minimum absolute atomic E-state index is 0.249. The lowest BCUT2D eigenvalue weighted by atomic mass is 9.93. The fourth-order valence-corrected chi connectivity index (χ4v) is 1.70. The highest BCUT2D eigenvalue weighted by Gasteiger charge is 2.22. The van der Waals surface area contributed by atoms with Crippen LogP contribution in [-0.2, 0) is 0 Å². The second-order valence-electron chi connectivity index (χ2n) is 3.23. The summed E-state index contributed by atoms with van der Waals surface area (Å²) in [5, 5.41) is 0. The van der Waals surface area contributed by atoms with Gasteiger partial charge in [0.25, 0.3) is 0 Å². The molecule has 1 aromatic rings. The first kappa shape index (κ1) is 8.51. The predicted octanol–water partition coefficient (Wildman–Crippen LogP) is 1.65. The van der Waals surface area contributed by atoms with E-state index in [1.165, 1.54) is 6.07 Å². The van der Waals surface area contributed by atoms with Gasteiger partial charge >= 0.3 is 0 Å². The first-order chi connectivity index (χ1) is 6.33. The monoisotopic (exact) mass is 181 g/mol. The van der Waals surface area contributed by atoms with Gasteiger partial charge in [-0.15, -0.1) is 0 Å². The fourth-order valence-electron chi connectivity index (χ4n) is 1.70. The van der Waals surface area contributed by atoms with Crippen molar-refractivity contribution in [3.63, 3.8) is 0 Å². The minimum atomic E-state index is -0.282. The number of para-hydroxylation sites is 1. The number of ether oxygens (including phenoxy) is 1. The average Bonchev–Trinajstić information content (AvgIpc) is 2.18. The molecule has 1 aliphatic rings. The molecule has 13 heavy (non-hydrogen) atoms. The lowest BCUT2D eigenvalue weighted by molar-refractivity contribution is 0.255. The summed E-state index contributed by atoms with van der Waals surface area (Å²) < 4.78 is 18.5. The highest BCUT2D eigenvalue weighted by molar-refractivity contribution is 5.39. The van der Waals surface area contributed by atoms with Crippen LogP contribution in [0.25, 0.3) is 0 Å². The molecule has 70 valence electrons. The van der Waals surface area contributed by atoms with E-state index in [9.17, 15) is 4.39 Å². The molecule has 2 N–H and O–H groups in total. The molecule has 2 nitrogen and oxygen atoms in total. The fraction of sp³-hybridized carbons (Fsp3) is 0.400. The van der Waals surface area contributed by atoms with Crippen molar-refractivity contribution in [3.8, 4) is 5.75 Å². The van der Waals surface area contributed by atoms with E-state index in [1.54, 1.807) is 6.07 Å². The molecule has 0 radical (unpaired) electrons. The van der Waals surface area contributed by atoms with Crippen molar-refractivity contribution in [2.45, 2.75) is 12.3 Å². The number of nitrogens with two attached hydrogens (primary N) is 1. The number of rotatable bonds is 1. The van der Waals surface area contributed by atoms with E-state index in [-0.39, 0.29) is 11.7 Å². The first-order valence-electron chi connectivity index (χ1n) is 4.44. The standard InChI is InChI=1S/C10H12FNO/c11-9-3-1-2-8-7(6-12)4-5-13-10(8)9/h1-3,7H,4-6,12H2. The van der Waals surface area contributed by atoms with Crippen LogP contribution in [0.1, 0.15) is 17.9 Å². The van der Waals surface area contributed by atoms with Crippen molar-refractivity contribution in [2.75, 3.05) is 13.2 Å². The maximum absolute atomic E-state index is 13.2. The average molecular weight is 181 g/mol. The van der Waals surface area contributed by atoms with E-state index in [0.717, 1.165) is 12.0 Å². The van der Waals surface area contributed by atoms with E-state index in [2.05, 4.69) is 0 Å². The third-order valence-corrected chi connectivity index (χ3v) is 2.43. The topological polar surface area (TPSA) is 35.2 Å². The van der Waals surface area contributed by atoms with Crippen LogP contribution in [0.4, 0.5) is 4.39 Å². The van der Waals surface area contributed by atoms with Crippen molar-refractivity contribution >= 4 is 0 Å². The van der Waals surface area contributed by atoms with Crippen LogP contribution < -0.4 is 10.5 Å². The lowest BCUT2D eigenvalue weighted by Crippen LogP contribution is -2.21. The molecule has 0 spiro atoms. The van der Waals surface area contributed by atoms with Crippen LogP contribution in [0.2, 0.25) is 0 Å². The van der Waals surface area contributed by atoms with E-state index >= 15 is 0 Å². The number of fused-ring (bicyclic) bond motifs is 1. The molecule has 0 aromatic heterocycles. The third-order valence-electron chi connectivity index (χ3n) is 2.43. The number of hydrogen-bond acceptors (Lipinski definition) is 2. The minimum Gasteiger partial charge on any atom is -0.490 e. The van der Waals surface area contributed by atoms with Crippen LogP contribution in [-0.4, -0.2) is 13.2 Å². The molecule has 1 aromatic carbocycles. The van der Waals surface area contributed by atoms with Crippen molar-refractivity contribution < 1.29 is 9.13 Å². The molecule has 0 saturated heterocycles. The Bertz CT molecular complexity index is 314. The summed E-state index contributed by atoms with van der Waals surface area (Å²) in [4.78, 5) is 0. The van der Waals surface area contributed by atoms with Gasteiger partial charge in [0.05, 0.1) is 6.61 Å². The Kier molecular flexibility index (Phi) is 2.19. The Morgan fingerprint density at radius 3 is 3.15 bits per heavy atom. The van der Waals surface area contributed by atoms with Crippen LogP contribution in [0.5, 0.6) is 5.75 Å². The summed E-state index contributed by atoms with van der Waals surface area (Å²) in [7, 11) is 0. The Balaban J connectivity index is 2.45. The molecule has 1 heterocycles. The highest BCUT2D eigenvalue weighted by Crippen LogP contribution is 2.34.